The number of aliphatic hydroxyl groups is 1. The standard InChI is InChI=1S/C23H34NO/c1-18(2)24(5,19(3)4)16-15-23(20-11-7-6-8-12-20)22-14-10-9-13-21(22)17-25/h6-14,18-19,23,25H,15-17H2,1-5H3/q+1/t23-/m1/s1. The van der Waals surface area contributed by atoms with Crippen LogP contribution in [0.15, 0.2) is 54.6 Å². The van der Waals surface area contributed by atoms with Crippen LogP contribution in [0.2, 0.25) is 0 Å². The second kappa shape index (κ2) is 8.64. The molecule has 0 saturated carbocycles. The largest absolute Gasteiger partial charge is 0.392 e. The van der Waals surface area contributed by atoms with Crippen molar-refractivity contribution in [3.8, 4) is 0 Å². The first kappa shape index (κ1) is 19.7. The summed E-state index contributed by atoms with van der Waals surface area (Å²) in [6.07, 6.45) is 1.08. The molecule has 0 bridgehead atoms. The van der Waals surface area contributed by atoms with Gasteiger partial charge in [-0.1, -0.05) is 54.6 Å². The van der Waals surface area contributed by atoms with E-state index in [2.05, 4.69) is 77.2 Å². The van der Waals surface area contributed by atoms with Crippen molar-refractivity contribution in [2.24, 2.45) is 0 Å². The van der Waals surface area contributed by atoms with Crippen molar-refractivity contribution < 1.29 is 9.59 Å². The predicted molar refractivity (Wildman–Crippen MR) is 107 cm³/mol. The molecule has 0 saturated heterocycles. The average molecular weight is 341 g/mol. The lowest BCUT2D eigenvalue weighted by atomic mass is 9.85. The second-order valence-corrected chi connectivity index (χ2v) is 7.87. The Morgan fingerprint density at radius 1 is 0.840 bits per heavy atom. The summed E-state index contributed by atoms with van der Waals surface area (Å²) in [6, 6.07) is 20.2. The number of hydrogen-bond acceptors (Lipinski definition) is 1. The van der Waals surface area contributed by atoms with Gasteiger partial charge in [0.2, 0.25) is 0 Å². The molecular formula is C23H34NO+. The maximum Gasteiger partial charge on any atom is 0.0833 e. The molecule has 25 heavy (non-hydrogen) atoms. The van der Waals surface area contributed by atoms with E-state index in [0.29, 0.717) is 18.0 Å². The van der Waals surface area contributed by atoms with E-state index in [1.807, 2.05) is 12.1 Å². The van der Waals surface area contributed by atoms with Crippen LogP contribution < -0.4 is 0 Å². The molecular weight excluding hydrogens is 306 g/mol. The molecule has 136 valence electrons. The highest BCUT2D eigenvalue weighted by Crippen LogP contribution is 2.32. The number of benzene rings is 2. The SMILES string of the molecule is CC(C)[N+](C)(CC[C@H](c1ccccc1)c1ccccc1CO)C(C)C. The number of quaternary nitrogens is 1. The predicted octanol–water partition coefficient (Wildman–Crippen LogP) is 4.96. The molecule has 2 aromatic rings. The third-order valence-electron chi connectivity index (χ3n) is 6.06. The van der Waals surface area contributed by atoms with Crippen LogP contribution in [0, 0.1) is 0 Å². The van der Waals surface area contributed by atoms with Gasteiger partial charge in [0.05, 0.1) is 32.3 Å². The fourth-order valence-electron chi connectivity index (χ4n) is 3.73. The van der Waals surface area contributed by atoms with Crippen molar-refractivity contribution in [1.82, 2.24) is 0 Å². The summed E-state index contributed by atoms with van der Waals surface area (Å²) in [6.45, 7) is 10.5. The number of aliphatic hydroxyl groups excluding tert-OH is 1. The Balaban J connectivity index is 2.37. The van der Waals surface area contributed by atoms with Gasteiger partial charge in [0.1, 0.15) is 0 Å². The van der Waals surface area contributed by atoms with Gasteiger partial charge in [-0.2, -0.15) is 0 Å². The van der Waals surface area contributed by atoms with Gasteiger partial charge in [0.15, 0.2) is 0 Å². The minimum atomic E-state index is 0.0972. The summed E-state index contributed by atoms with van der Waals surface area (Å²) in [5.74, 6) is 0.319. The van der Waals surface area contributed by atoms with Gasteiger partial charge in [-0.15, -0.1) is 0 Å². The summed E-state index contributed by atoms with van der Waals surface area (Å²) in [4.78, 5) is 0. The number of rotatable bonds is 8. The normalized spacial score (nSPS) is 13.4. The van der Waals surface area contributed by atoms with Crippen molar-refractivity contribution in [3.63, 3.8) is 0 Å². The zero-order chi connectivity index (χ0) is 18.4. The van der Waals surface area contributed by atoms with E-state index in [-0.39, 0.29) is 6.61 Å². The van der Waals surface area contributed by atoms with E-state index in [9.17, 15) is 5.11 Å². The molecule has 0 fully saturated rings. The van der Waals surface area contributed by atoms with Crippen LogP contribution in [-0.2, 0) is 6.61 Å². The van der Waals surface area contributed by atoms with Crippen molar-refractivity contribution in [3.05, 3.63) is 71.3 Å². The fraction of sp³-hybridized carbons (Fsp3) is 0.478. The first-order valence-corrected chi connectivity index (χ1v) is 9.48. The highest BCUT2D eigenvalue weighted by Gasteiger charge is 2.31. The van der Waals surface area contributed by atoms with Crippen LogP contribution in [0.5, 0.6) is 0 Å². The molecule has 0 radical (unpaired) electrons. The first-order valence-electron chi connectivity index (χ1n) is 9.48. The Kier molecular flexibility index (Phi) is 6.80. The summed E-state index contributed by atoms with van der Waals surface area (Å²) in [5.41, 5.74) is 3.64. The Hall–Kier alpha value is -1.64. The molecule has 0 amide bonds. The van der Waals surface area contributed by atoms with E-state index in [1.165, 1.54) is 11.1 Å². The molecule has 0 aliphatic carbocycles. The lowest BCUT2D eigenvalue weighted by Crippen LogP contribution is -2.55. The summed E-state index contributed by atoms with van der Waals surface area (Å²) in [7, 11) is 2.37. The number of hydrogen-bond donors (Lipinski definition) is 1. The van der Waals surface area contributed by atoms with Crippen molar-refractivity contribution in [2.45, 2.75) is 58.7 Å². The Bertz CT molecular complexity index is 640. The van der Waals surface area contributed by atoms with Crippen molar-refractivity contribution in [2.75, 3.05) is 13.6 Å². The molecule has 0 aliphatic rings. The lowest BCUT2D eigenvalue weighted by molar-refractivity contribution is -0.949. The van der Waals surface area contributed by atoms with Gasteiger partial charge in [-0.25, -0.2) is 0 Å². The lowest BCUT2D eigenvalue weighted by Gasteiger charge is -2.43. The molecule has 0 aliphatic heterocycles. The molecule has 2 nitrogen and oxygen atoms in total. The van der Waals surface area contributed by atoms with Crippen LogP contribution in [-0.4, -0.2) is 35.3 Å². The molecule has 0 unspecified atom stereocenters. The maximum absolute atomic E-state index is 9.81. The molecule has 0 spiro atoms. The van der Waals surface area contributed by atoms with Gasteiger partial charge < -0.3 is 9.59 Å². The quantitative estimate of drug-likeness (QED) is 0.673. The minimum Gasteiger partial charge on any atom is -0.392 e. The first-order chi connectivity index (χ1) is 11.9. The Morgan fingerprint density at radius 3 is 1.96 bits per heavy atom. The average Bonchev–Trinajstić information content (AvgIpc) is 2.62. The third kappa shape index (κ3) is 4.50. The maximum atomic E-state index is 9.81. The van der Waals surface area contributed by atoms with E-state index in [0.717, 1.165) is 23.0 Å². The molecule has 0 aromatic heterocycles. The van der Waals surface area contributed by atoms with E-state index >= 15 is 0 Å². The van der Waals surface area contributed by atoms with Crippen LogP contribution in [0.4, 0.5) is 0 Å². The topological polar surface area (TPSA) is 20.2 Å². The van der Waals surface area contributed by atoms with Gasteiger partial charge >= 0.3 is 0 Å². The van der Waals surface area contributed by atoms with Gasteiger partial charge in [-0.05, 0) is 44.4 Å². The molecule has 1 atom stereocenters. The van der Waals surface area contributed by atoms with Gasteiger partial charge in [0, 0.05) is 12.3 Å². The Morgan fingerprint density at radius 2 is 1.40 bits per heavy atom. The minimum absolute atomic E-state index is 0.0972. The molecule has 2 aromatic carbocycles. The third-order valence-corrected chi connectivity index (χ3v) is 6.06. The van der Waals surface area contributed by atoms with Crippen LogP contribution in [0.1, 0.15) is 56.7 Å². The van der Waals surface area contributed by atoms with Crippen LogP contribution in [0.3, 0.4) is 0 Å². The molecule has 2 rings (SSSR count). The highest BCUT2D eigenvalue weighted by atomic mass is 16.3. The van der Waals surface area contributed by atoms with Gasteiger partial charge in [-0.3, -0.25) is 0 Å². The van der Waals surface area contributed by atoms with E-state index < -0.39 is 0 Å². The Labute approximate surface area is 153 Å². The molecule has 2 heteroatoms. The fourth-order valence-corrected chi connectivity index (χ4v) is 3.73. The van der Waals surface area contributed by atoms with E-state index in [1.54, 1.807) is 0 Å². The van der Waals surface area contributed by atoms with Crippen LogP contribution >= 0.6 is 0 Å². The van der Waals surface area contributed by atoms with Gasteiger partial charge in [0.25, 0.3) is 0 Å². The second-order valence-electron chi connectivity index (χ2n) is 7.87. The summed E-state index contributed by atoms with van der Waals surface area (Å²) < 4.78 is 1.06. The van der Waals surface area contributed by atoms with Crippen molar-refractivity contribution in [1.29, 1.82) is 0 Å². The van der Waals surface area contributed by atoms with E-state index in [4.69, 9.17) is 0 Å². The molecule has 1 N–H and O–H groups in total. The smallest absolute Gasteiger partial charge is 0.0833 e. The summed E-state index contributed by atoms with van der Waals surface area (Å²) >= 11 is 0. The zero-order valence-corrected chi connectivity index (χ0v) is 16.4. The zero-order valence-electron chi connectivity index (χ0n) is 16.4. The number of nitrogens with zero attached hydrogens (tertiary/aromatic N) is 1. The van der Waals surface area contributed by atoms with Crippen LogP contribution in [0.25, 0.3) is 0 Å². The highest BCUT2D eigenvalue weighted by molar-refractivity contribution is 5.37. The monoisotopic (exact) mass is 340 g/mol. The summed E-state index contributed by atoms with van der Waals surface area (Å²) in [5, 5.41) is 9.81. The molecule has 0 heterocycles. The van der Waals surface area contributed by atoms with Crippen molar-refractivity contribution >= 4 is 0 Å².